The van der Waals surface area contributed by atoms with Gasteiger partial charge in [0.1, 0.15) is 0 Å². The fourth-order valence-electron chi connectivity index (χ4n) is 3.79. The zero-order valence-electron chi connectivity index (χ0n) is 19.1. The molecule has 0 saturated carbocycles. The Morgan fingerprint density at radius 2 is 1.69 bits per heavy atom. The van der Waals surface area contributed by atoms with Gasteiger partial charge in [-0.2, -0.15) is 4.31 Å². The van der Waals surface area contributed by atoms with Crippen LogP contribution in [0.3, 0.4) is 0 Å². The second-order valence-corrected chi connectivity index (χ2v) is 9.92. The molecular formula is C25H32N2O4S. The average Bonchev–Trinajstić information content (AvgIpc) is 2.82. The molecule has 0 unspecified atom stereocenters. The Labute approximate surface area is 191 Å². The summed E-state index contributed by atoms with van der Waals surface area (Å²) in [4.78, 5) is 14.1. The molecule has 0 atom stereocenters. The van der Waals surface area contributed by atoms with Gasteiger partial charge < -0.3 is 4.74 Å². The summed E-state index contributed by atoms with van der Waals surface area (Å²) in [6.45, 7) is 7.66. The minimum absolute atomic E-state index is 0.00907. The zero-order valence-corrected chi connectivity index (χ0v) is 19.9. The van der Waals surface area contributed by atoms with Gasteiger partial charge in [-0.3, -0.25) is 9.69 Å². The highest BCUT2D eigenvalue weighted by atomic mass is 32.2. The molecule has 0 saturated heterocycles. The maximum absolute atomic E-state index is 13.0. The minimum atomic E-state index is -3.58. The van der Waals surface area contributed by atoms with Crippen molar-refractivity contribution >= 4 is 15.8 Å². The predicted molar refractivity (Wildman–Crippen MR) is 127 cm³/mol. The van der Waals surface area contributed by atoms with E-state index in [1.54, 1.807) is 25.3 Å². The van der Waals surface area contributed by atoms with Crippen molar-refractivity contribution in [2.45, 2.75) is 31.7 Å². The Morgan fingerprint density at radius 3 is 2.19 bits per heavy atom. The molecule has 1 aliphatic heterocycles. The SMILES string of the molecule is CCN(CCOC)Cc1ccc(-c2ccc(S(=O)(=O)N3CC=C(C(C)=O)CC3)cc2)cc1. The largest absolute Gasteiger partial charge is 0.383 e. The van der Waals surface area contributed by atoms with Crippen molar-refractivity contribution in [2.24, 2.45) is 0 Å². The van der Waals surface area contributed by atoms with E-state index in [9.17, 15) is 13.2 Å². The average molecular weight is 457 g/mol. The van der Waals surface area contributed by atoms with E-state index in [-0.39, 0.29) is 17.2 Å². The fraction of sp³-hybridized carbons (Fsp3) is 0.400. The van der Waals surface area contributed by atoms with Crippen LogP contribution in [0.25, 0.3) is 11.1 Å². The second kappa shape index (κ2) is 11.0. The number of carbonyl (C=O) groups is 1. The van der Waals surface area contributed by atoms with Crippen LogP contribution in [-0.4, -0.2) is 63.3 Å². The second-order valence-electron chi connectivity index (χ2n) is 7.98. The molecule has 1 aliphatic rings. The number of ether oxygens (including phenoxy) is 1. The lowest BCUT2D eigenvalue weighted by Gasteiger charge is -2.25. The van der Waals surface area contributed by atoms with Crippen molar-refractivity contribution in [1.29, 1.82) is 0 Å². The predicted octanol–water partition coefficient (Wildman–Crippen LogP) is 3.73. The molecule has 2 aromatic rings. The van der Waals surface area contributed by atoms with Crippen LogP contribution in [0.2, 0.25) is 0 Å². The number of likely N-dealkylation sites (N-methyl/N-ethyl adjacent to an activating group) is 1. The summed E-state index contributed by atoms with van der Waals surface area (Å²) in [6.07, 6.45) is 2.17. The first-order valence-corrected chi connectivity index (χ1v) is 12.4. The van der Waals surface area contributed by atoms with E-state index in [1.165, 1.54) is 16.8 Å². The first-order chi connectivity index (χ1) is 15.3. The van der Waals surface area contributed by atoms with Crippen LogP contribution in [0.4, 0.5) is 0 Å². The third-order valence-electron chi connectivity index (χ3n) is 5.87. The molecule has 0 amide bonds. The van der Waals surface area contributed by atoms with E-state index in [2.05, 4.69) is 36.1 Å². The number of ketones is 1. The first kappa shape index (κ1) is 24.3. The van der Waals surface area contributed by atoms with Crippen LogP contribution in [0.1, 0.15) is 25.8 Å². The number of hydrogen-bond acceptors (Lipinski definition) is 5. The molecule has 1 heterocycles. The zero-order chi connectivity index (χ0) is 23.1. The van der Waals surface area contributed by atoms with Crippen molar-refractivity contribution in [3.63, 3.8) is 0 Å². The van der Waals surface area contributed by atoms with Gasteiger partial charge in [-0.25, -0.2) is 8.42 Å². The van der Waals surface area contributed by atoms with E-state index in [4.69, 9.17) is 4.74 Å². The van der Waals surface area contributed by atoms with Gasteiger partial charge in [-0.15, -0.1) is 0 Å². The maximum Gasteiger partial charge on any atom is 0.243 e. The van der Waals surface area contributed by atoms with E-state index in [1.807, 2.05) is 12.1 Å². The molecule has 0 aromatic heterocycles. The quantitative estimate of drug-likeness (QED) is 0.545. The summed E-state index contributed by atoms with van der Waals surface area (Å²) in [6, 6.07) is 15.4. The molecule has 172 valence electrons. The summed E-state index contributed by atoms with van der Waals surface area (Å²) in [7, 11) is -1.86. The van der Waals surface area contributed by atoms with Gasteiger partial charge in [0.2, 0.25) is 10.0 Å². The smallest absolute Gasteiger partial charge is 0.243 e. The number of methoxy groups -OCH3 is 1. The van der Waals surface area contributed by atoms with Crippen molar-refractivity contribution in [3.05, 3.63) is 65.7 Å². The number of hydrogen-bond donors (Lipinski definition) is 0. The molecule has 0 radical (unpaired) electrons. The van der Waals surface area contributed by atoms with Crippen LogP contribution in [0, 0.1) is 0 Å². The van der Waals surface area contributed by atoms with Crippen molar-refractivity contribution in [2.75, 3.05) is 39.9 Å². The highest BCUT2D eigenvalue weighted by molar-refractivity contribution is 7.89. The Bertz CT molecular complexity index is 1040. The molecule has 3 rings (SSSR count). The lowest BCUT2D eigenvalue weighted by atomic mass is 10.0. The molecule has 0 bridgehead atoms. The highest BCUT2D eigenvalue weighted by Gasteiger charge is 2.26. The summed E-state index contributed by atoms with van der Waals surface area (Å²) in [5.74, 6) is 0.00907. The van der Waals surface area contributed by atoms with Crippen molar-refractivity contribution < 1.29 is 17.9 Å². The van der Waals surface area contributed by atoms with E-state index in [0.717, 1.165) is 30.8 Å². The Hall–Kier alpha value is -2.32. The van der Waals surface area contributed by atoms with E-state index < -0.39 is 10.0 Å². The monoisotopic (exact) mass is 456 g/mol. The lowest BCUT2D eigenvalue weighted by molar-refractivity contribution is -0.113. The van der Waals surface area contributed by atoms with E-state index in [0.29, 0.717) is 25.1 Å². The summed E-state index contributed by atoms with van der Waals surface area (Å²) in [5, 5.41) is 0. The van der Waals surface area contributed by atoms with Gasteiger partial charge in [-0.1, -0.05) is 49.4 Å². The maximum atomic E-state index is 13.0. The number of Topliss-reactive ketones (excluding diaryl/α,β-unsaturated/α-hetero) is 1. The van der Waals surface area contributed by atoms with Crippen LogP contribution in [-0.2, 0) is 26.1 Å². The van der Waals surface area contributed by atoms with Gasteiger partial charge in [0.05, 0.1) is 11.5 Å². The molecule has 32 heavy (non-hydrogen) atoms. The Kier molecular flexibility index (Phi) is 8.37. The molecule has 7 heteroatoms. The van der Waals surface area contributed by atoms with E-state index >= 15 is 0 Å². The topological polar surface area (TPSA) is 66.9 Å². The first-order valence-electron chi connectivity index (χ1n) is 11.0. The molecular weight excluding hydrogens is 424 g/mol. The fourth-order valence-corrected chi connectivity index (χ4v) is 5.17. The summed E-state index contributed by atoms with van der Waals surface area (Å²) < 4.78 is 32.5. The minimum Gasteiger partial charge on any atom is -0.383 e. The van der Waals surface area contributed by atoms with Gasteiger partial charge in [0.15, 0.2) is 5.78 Å². The van der Waals surface area contributed by atoms with Gasteiger partial charge >= 0.3 is 0 Å². The summed E-state index contributed by atoms with van der Waals surface area (Å²) in [5.41, 5.74) is 3.95. The normalized spacial score (nSPS) is 15.1. The number of carbonyl (C=O) groups excluding carboxylic acids is 1. The van der Waals surface area contributed by atoms with Crippen LogP contribution in [0.15, 0.2) is 65.1 Å². The number of sulfonamides is 1. The molecule has 0 aliphatic carbocycles. The molecule has 2 aromatic carbocycles. The molecule has 0 spiro atoms. The lowest BCUT2D eigenvalue weighted by Crippen LogP contribution is -2.35. The van der Waals surface area contributed by atoms with Crippen molar-refractivity contribution in [3.8, 4) is 11.1 Å². The Morgan fingerprint density at radius 1 is 1.06 bits per heavy atom. The Balaban J connectivity index is 1.68. The van der Waals surface area contributed by atoms with Gasteiger partial charge in [0.25, 0.3) is 0 Å². The van der Waals surface area contributed by atoms with Crippen LogP contribution < -0.4 is 0 Å². The third-order valence-corrected chi connectivity index (χ3v) is 7.75. The van der Waals surface area contributed by atoms with Crippen molar-refractivity contribution in [1.82, 2.24) is 9.21 Å². The standard InChI is InChI=1S/C25H32N2O4S/c1-4-26(17-18-31-3)19-21-5-7-23(8-6-21)24-9-11-25(12-10-24)32(29,30)27-15-13-22(14-16-27)20(2)28/h5-13H,4,14-19H2,1-3H3. The van der Waals surface area contributed by atoms with Crippen LogP contribution >= 0.6 is 0 Å². The number of benzene rings is 2. The van der Waals surface area contributed by atoms with Gasteiger partial charge in [-0.05, 0) is 54.3 Å². The summed E-state index contributed by atoms with van der Waals surface area (Å²) >= 11 is 0. The number of rotatable bonds is 10. The van der Waals surface area contributed by atoms with Crippen LogP contribution in [0.5, 0.6) is 0 Å². The third kappa shape index (κ3) is 5.92. The molecule has 6 nitrogen and oxygen atoms in total. The molecule has 0 N–H and O–H groups in total. The van der Waals surface area contributed by atoms with Gasteiger partial charge in [0, 0.05) is 33.3 Å². The number of nitrogens with zero attached hydrogens (tertiary/aromatic N) is 2. The molecule has 0 fully saturated rings. The highest BCUT2D eigenvalue weighted by Crippen LogP contribution is 2.25.